The molecule has 136 valence electrons. The van der Waals surface area contributed by atoms with Crippen LogP contribution in [0.25, 0.3) is 0 Å². The van der Waals surface area contributed by atoms with E-state index in [2.05, 4.69) is 46.0 Å². The summed E-state index contributed by atoms with van der Waals surface area (Å²) in [6, 6.07) is 11.1. The third-order valence-electron chi connectivity index (χ3n) is 6.54. The minimum Gasteiger partial charge on any atom is -0.339 e. The lowest BCUT2D eigenvalue weighted by Crippen LogP contribution is -2.54. The summed E-state index contributed by atoms with van der Waals surface area (Å²) in [7, 11) is 2.26. The lowest BCUT2D eigenvalue weighted by Gasteiger charge is -2.41. The van der Waals surface area contributed by atoms with Crippen LogP contribution in [0.3, 0.4) is 0 Å². The first kappa shape index (κ1) is 17.0. The van der Waals surface area contributed by atoms with Crippen molar-refractivity contribution in [3.63, 3.8) is 0 Å². The number of carbonyl (C=O) groups excluding carboxylic acids is 1. The molecule has 0 N–H and O–H groups in total. The maximum absolute atomic E-state index is 13.1. The van der Waals surface area contributed by atoms with Gasteiger partial charge in [0.25, 0.3) is 0 Å². The molecule has 3 fully saturated rings. The van der Waals surface area contributed by atoms with Crippen LogP contribution in [0.4, 0.5) is 0 Å². The zero-order chi connectivity index (χ0) is 17.3. The summed E-state index contributed by atoms with van der Waals surface area (Å²) >= 11 is 0. The molecule has 0 spiro atoms. The molecule has 25 heavy (non-hydrogen) atoms. The number of carbonyl (C=O) groups is 1. The van der Waals surface area contributed by atoms with Crippen molar-refractivity contribution >= 4 is 5.91 Å². The summed E-state index contributed by atoms with van der Waals surface area (Å²) < 4.78 is 0. The van der Waals surface area contributed by atoms with Gasteiger partial charge in [-0.1, -0.05) is 36.8 Å². The van der Waals surface area contributed by atoms with E-state index in [0.717, 1.165) is 39.0 Å². The van der Waals surface area contributed by atoms with Crippen LogP contribution in [0.5, 0.6) is 0 Å². The van der Waals surface area contributed by atoms with Gasteiger partial charge >= 0.3 is 0 Å². The summed E-state index contributed by atoms with van der Waals surface area (Å²) in [4.78, 5) is 20.3. The van der Waals surface area contributed by atoms with Gasteiger partial charge in [0, 0.05) is 38.8 Å². The standard InChI is InChI=1S/C21H31N3O/c1-22-12-6-5-9-19(22)17-23-13-15-24(16-14-23)20(25)21(10-11-21)18-7-3-2-4-8-18/h2-4,7-8,19H,5-6,9-17H2,1H3/t19-/m0/s1. The van der Waals surface area contributed by atoms with Crippen LogP contribution in [0.2, 0.25) is 0 Å². The first-order valence-corrected chi connectivity index (χ1v) is 9.96. The number of amides is 1. The number of rotatable bonds is 4. The fourth-order valence-electron chi connectivity index (χ4n) is 4.62. The molecule has 1 amide bonds. The van der Waals surface area contributed by atoms with Gasteiger partial charge in [0.15, 0.2) is 0 Å². The summed E-state index contributed by atoms with van der Waals surface area (Å²) in [5.41, 5.74) is 1.01. The second-order valence-electron chi connectivity index (χ2n) is 8.17. The first-order valence-electron chi connectivity index (χ1n) is 9.96. The molecule has 0 bridgehead atoms. The van der Waals surface area contributed by atoms with Gasteiger partial charge in [-0.25, -0.2) is 0 Å². The van der Waals surface area contributed by atoms with E-state index < -0.39 is 0 Å². The predicted molar refractivity (Wildman–Crippen MR) is 101 cm³/mol. The van der Waals surface area contributed by atoms with Gasteiger partial charge in [-0.15, -0.1) is 0 Å². The Bertz CT molecular complexity index is 590. The van der Waals surface area contributed by atoms with Gasteiger partial charge in [-0.05, 0) is 44.8 Å². The smallest absolute Gasteiger partial charge is 0.233 e. The highest BCUT2D eigenvalue weighted by Gasteiger charge is 2.53. The Kier molecular flexibility index (Phi) is 4.83. The highest BCUT2D eigenvalue weighted by Crippen LogP contribution is 2.49. The maximum Gasteiger partial charge on any atom is 0.233 e. The van der Waals surface area contributed by atoms with Crippen molar-refractivity contribution in [3.05, 3.63) is 35.9 Å². The average molecular weight is 341 g/mol. The third-order valence-corrected chi connectivity index (χ3v) is 6.54. The highest BCUT2D eigenvalue weighted by molar-refractivity contribution is 5.91. The van der Waals surface area contributed by atoms with Crippen LogP contribution in [0, 0.1) is 0 Å². The van der Waals surface area contributed by atoms with Crippen LogP contribution in [0.1, 0.15) is 37.7 Å². The molecule has 2 saturated heterocycles. The van der Waals surface area contributed by atoms with Crippen LogP contribution in [-0.2, 0) is 10.2 Å². The zero-order valence-electron chi connectivity index (χ0n) is 15.5. The predicted octanol–water partition coefficient (Wildman–Crippen LogP) is 2.35. The molecule has 1 atom stereocenters. The van der Waals surface area contributed by atoms with Crippen molar-refractivity contribution in [1.29, 1.82) is 0 Å². The monoisotopic (exact) mass is 341 g/mol. The SMILES string of the molecule is CN1CCCC[C@H]1CN1CCN(C(=O)C2(c3ccccc3)CC2)CC1. The molecule has 1 aromatic carbocycles. The van der Waals surface area contributed by atoms with E-state index in [1.165, 1.54) is 37.9 Å². The molecule has 4 heteroatoms. The molecule has 3 aliphatic rings. The van der Waals surface area contributed by atoms with Crippen LogP contribution in [-0.4, -0.2) is 73.0 Å². The van der Waals surface area contributed by atoms with E-state index in [-0.39, 0.29) is 5.41 Å². The molecule has 1 saturated carbocycles. The zero-order valence-corrected chi connectivity index (χ0v) is 15.5. The van der Waals surface area contributed by atoms with Crippen LogP contribution >= 0.6 is 0 Å². The molecule has 4 nitrogen and oxygen atoms in total. The van der Waals surface area contributed by atoms with Gasteiger partial charge in [-0.2, -0.15) is 0 Å². The Balaban J connectivity index is 1.32. The largest absolute Gasteiger partial charge is 0.339 e. The van der Waals surface area contributed by atoms with E-state index in [1.807, 2.05) is 6.07 Å². The molecule has 2 aliphatic heterocycles. The van der Waals surface area contributed by atoms with Crippen molar-refractivity contribution in [2.75, 3.05) is 46.3 Å². The minimum absolute atomic E-state index is 0.201. The van der Waals surface area contributed by atoms with Gasteiger partial charge in [0.1, 0.15) is 0 Å². The van der Waals surface area contributed by atoms with Crippen LogP contribution in [0.15, 0.2) is 30.3 Å². The Labute approximate surface area is 151 Å². The van der Waals surface area contributed by atoms with Crippen LogP contribution < -0.4 is 0 Å². The van der Waals surface area contributed by atoms with Crippen molar-refractivity contribution in [3.8, 4) is 0 Å². The number of hydrogen-bond donors (Lipinski definition) is 0. The lowest BCUT2D eigenvalue weighted by molar-refractivity contribution is -0.135. The molecule has 0 aromatic heterocycles. The van der Waals surface area contributed by atoms with E-state index in [0.29, 0.717) is 11.9 Å². The number of likely N-dealkylation sites (N-methyl/N-ethyl adjacent to an activating group) is 1. The number of likely N-dealkylation sites (tertiary alicyclic amines) is 1. The van der Waals surface area contributed by atoms with E-state index in [1.54, 1.807) is 0 Å². The molecule has 2 heterocycles. The molecule has 1 aliphatic carbocycles. The van der Waals surface area contributed by atoms with E-state index >= 15 is 0 Å². The molecule has 4 rings (SSSR count). The maximum atomic E-state index is 13.1. The quantitative estimate of drug-likeness (QED) is 0.841. The summed E-state index contributed by atoms with van der Waals surface area (Å²) in [6.07, 6.45) is 6.07. The normalized spacial score (nSPS) is 27.2. The van der Waals surface area contributed by atoms with E-state index in [9.17, 15) is 4.79 Å². The topological polar surface area (TPSA) is 26.8 Å². The molecular weight excluding hydrogens is 310 g/mol. The molecule has 0 radical (unpaired) electrons. The number of benzene rings is 1. The highest BCUT2D eigenvalue weighted by atomic mass is 16.2. The Morgan fingerprint density at radius 1 is 1.04 bits per heavy atom. The third kappa shape index (κ3) is 3.47. The van der Waals surface area contributed by atoms with Gasteiger partial charge < -0.3 is 9.80 Å². The first-order chi connectivity index (χ1) is 12.2. The fraction of sp³-hybridized carbons (Fsp3) is 0.667. The summed E-state index contributed by atoms with van der Waals surface area (Å²) in [5, 5.41) is 0. The number of hydrogen-bond acceptors (Lipinski definition) is 3. The summed E-state index contributed by atoms with van der Waals surface area (Å²) in [5.74, 6) is 0.369. The second-order valence-corrected chi connectivity index (χ2v) is 8.17. The molecule has 1 aromatic rings. The fourth-order valence-corrected chi connectivity index (χ4v) is 4.62. The Hall–Kier alpha value is -1.39. The van der Waals surface area contributed by atoms with Gasteiger partial charge in [0.05, 0.1) is 5.41 Å². The average Bonchev–Trinajstić information content (AvgIpc) is 3.46. The van der Waals surface area contributed by atoms with Crippen molar-refractivity contribution < 1.29 is 4.79 Å². The number of piperidine rings is 1. The van der Waals surface area contributed by atoms with Gasteiger partial charge in [-0.3, -0.25) is 9.69 Å². The second kappa shape index (κ2) is 7.08. The van der Waals surface area contributed by atoms with Gasteiger partial charge in [0.2, 0.25) is 5.91 Å². The lowest BCUT2D eigenvalue weighted by atomic mass is 9.94. The molecule has 0 unspecified atom stereocenters. The summed E-state index contributed by atoms with van der Waals surface area (Å²) in [6.45, 7) is 6.25. The number of nitrogens with zero attached hydrogens (tertiary/aromatic N) is 3. The molecular formula is C21H31N3O. The van der Waals surface area contributed by atoms with Crippen molar-refractivity contribution in [1.82, 2.24) is 14.7 Å². The van der Waals surface area contributed by atoms with E-state index in [4.69, 9.17) is 0 Å². The number of piperazine rings is 1. The van der Waals surface area contributed by atoms with Crippen molar-refractivity contribution in [2.24, 2.45) is 0 Å². The Morgan fingerprint density at radius 2 is 1.76 bits per heavy atom. The Morgan fingerprint density at radius 3 is 2.40 bits per heavy atom. The minimum atomic E-state index is -0.201. The van der Waals surface area contributed by atoms with Crippen molar-refractivity contribution in [2.45, 2.75) is 43.6 Å².